The highest BCUT2D eigenvalue weighted by Crippen LogP contribution is 2.27. The Hall–Kier alpha value is -2.42. The lowest BCUT2D eigenvalue weighted by Crippen LogP contribution is -2.35. The van der Waals surface area contributed by atoms with Gasteiger partial charge in [0.15, 0.2) is 0 Å². The van der Waals surface area contributed by atoms with E-state index in [1.165, 1.54) is 35.5 Å². The van der Waals surface area contributed by atoms with Gasteiger partial charge in [-0.15, -0.1) is 0 Å². The normalized spacial score (nSPS) is 15.0. The molecule has 2 aromatic carbocycles. The van der Waals surface area contributed by atoms with Gasteiger partial charge in [-0.05, 0) is 49.2 Å². The van der Waals surface area contributed by atoms with Crippen LogP contribution < -0.4 is 10.6 Å². The fourth-order valence-electron chi connectivity index (χ4n) is 3.17. The van der Waals surface area contributed by atoms with Gasteiger partial charge in [-0.2, -0.15) is 4.31 Å². The Morgan fingerprint density at radius 3 is 2.38 bits per heavy atom. The maximum atomic E-state index is 12.9. The first-order valence-electron chi connectivity index (χ1n) is 9.26. The monoisotopic (exact) mass is 435 g/mol. The predicted octanol–water partition coefficient (Wildman–Crippen LogP) is 3.73. The first-order chi connectivity index (χ1) is 13.8. The first-order valence-corrected chi connectivity index (χ1v) is 11.1. The third-order valence-electron chi connectivity index (χ3n) is 4.59. The summed E-state index contributed by atoms with van der Waals surface area (Å²) in [6.07, 6.45) is 2.69. The number of benzene rings is 2. The molecule has 154 valence electrons. The number of nitrogens with zero attached hydrogens (tertiary/aromatic N) is 1. The number of anilines is 2. The lowest BCUT2D eigenvalue weighted by molar-refractivity contribution is -0.114. The van der Waals surface area contributed by atoms with E-state index >= 15 is 0 Å². The number of hydrogen-bond acceptors (Lipinski definition) is 4. The Balaban J connectivity index is 1.85. The van der Waals surface area contributed by atoms with Crippen molar-refractivity contribution in [3.8, 4) is 0 Å². The van der Waals surface area contributed by atoms with Crippen molar-refractivity contribution in [1.29, 1.82) is 0 Å². The summed E-state index contributed by atoms with van der Waals surface area (Å²) < 4.78 is 27.2. The Kier molecular flexibility index (Phi) is 6.56. The largest absolute Gasteiger partial charge is 0.325 e. The molecule has 1 aliphatic heterocycles. The van der Waals surface area contributed by atoms with E-state index in [-0.39, 0.29) is 16.4 Å². The molecule has 1 aliphatic rings. The molecule has 7 nitrogen and oxygen atoms in total. The van der Waals surface area contributed by atoms with Gasteiger partial charge in [0.05, 0.1) is 16.3 Å². The molecular weight excluding hydrogens is 414 g/mol. The zero-order chi connectivity index (χ0) is 21.0. The second-order valence-electron chi connectivity index (χ2n) is 6.82. The number of carbonyl (C=O) groups is 2. The van der Waals surface area contributed by atoms with Gasteiger partial charge in [-0.3, -0.25) is 9.59 Å². The zero-order valence-corrected chi connectivity index (χ0v) is 17.5. The number of piperidine rings is 1. The minimum Gasteiger partial charge on any atom is -0.325 e. The van der Waals surface area contributed by atoms with E-state index < -0.39 is 15.9 Å². The minimum absolute atomic E-state index is 0.0835. The molecule has 0 bridgehead atoms. The van der Waals surface area contributed by atoms with E-state index in [4.69, 9.17) is 11.6 Å². The number of rotatable bonds is 5. The molecule has 1 heterocycles. The van der Waals surface area contributed by atoms with Crippen LogP contribution in [0.3, 0.4) is 0 Å². The molecule has 0 radical (unpaired) electrons. The van der Waals surface area contributed by atoms with Crippen molar-refractivity contribution in [2.24, 2.45) is 0 Å². The second-order valence-corrected chi connectivity index (χ2v) is 9.19. The maximum Gasteiger partial charge on any atom is 0.255 e. The molecule has 9 heteroatoms. The minimum atomic E-state index is -3.65. The van der Waals surface area contributed by atoms with Crippen molar-refractivity contribution in [2.45, 2.75) is 31.1 Å². The fraction of sp³-hybridized carbons (Fsp3) is 0.300. The van der Waals surface area contributed by atoms with Gasteiger partial charge in [-0.25, -0.2) is 8.42 Å². The predicted molar refractivity (Wildman–Crippen MR) is 113 cm³/mol. The van der Waals surface area contributed by atoms with Gasteiger partial charge < -0.3 is 10.6 Å². The van der Waals surface area contributed by atoms with E-state index in [9.17, 15) is 18.0 Å². The van der Waals surface area contributed by atoms with Crippen LogP contribution >= 0.6 is 11.6 Å². The van der Waals surface area contributed by atoms with Crippen LogP contribution in [-0.2, 0) is 14.8 Å². The summed E-state index contributed by atoms with van der Waals surface area (Å²) in [6, 6.07) is 10.6. The van der Waals surface area contributed by atoms with E-state index in [1.807, 2.05) is 0 Å². The van der Waals surface area contributed by atoms with Gasteiger partial charge in [-0.1, -0.05) is 24.1 Å². The van der Waals surface area contributed by atoms with Crippen LogP contribution in [0.25, 0.3) is 0 Å². The van der Waals surface area contributed by atoms with Crippen molar-refractivity contribution in [3.05, 3.63) is 53.1 Å². The van der Waals surface area contributed by atoms with Crippen molar-refractivity contribution >= 4 is 44.8 Å². The average Bonchev–Trinajstić information content (AvgIpc) is 2.70. The lowest BCUT2D eigenvalue weighted by Gasteiger charge is -2.26. The molecule has 2 N–H and O–H groups in total. The van der Waals surface area contributed by atoms with Crippen LogP contribution in [0.5, 0.6) is 0 Å². The van der Waals surface area contributed by atoms with Crippen molar-refractivity contribution < 1.29 is 18.0 Å². The summed E-state index contributed by atoms with van der Waals surface area (Å²) in [4.78, 5) is 24.2. The first kappa shape index (κ1) is 21.3. The quantitative estimate of drug-likeness (QED) is 0.748. The van der Waals surface area contributed by atoms with Crippen LogP contribution in [0.1, 0.15) is 36.5 Å². The van der Waals surface area contributed by atoms with E-state index in [0.717, 1.165) is 19.3 Å². The van der Waals surface area contributed by atoms with E-state index in [0.29, 0.717) is 29.5 Å². The highest BCUT2D eigenvalue weighted by molar-refractivity contribution is 7.89. The molecule has 1 fully saturated rings. The van der Waals surface area contributed by atoms with Gasteiger partial charge in [0.1, 0.15) is 0 Å². The van der Waals surface area contributed by atoms with E-state index in [1.54, 1.807) is 18.2 Å². The third-order valence-corrected chi connectivity index (χ3v) is 6.72. The number of halogens is 1. The fourth-order valence-corrected chi connectivity index (χ4v) is 4.90. The van der Waals surface area contributed by atoms with Crippen molar-refractivity contribution in [1.82, 2.24) is 4.31 Å². The lowest BCUT2D eigenvalue weighted by atomic mass is 10.2. The number of sulfonamides is 1. The number of hydrogen-bond donors (Lipinski definition) is 2. The number of carbonyl (C=O) groups excluding carboxylic acids is 2. The molecule has 0 aliphatic carbocycles. The van der Waals surface area contributed by atoms with Crippen LogP contribution in [0.15, 0.2) is 47.4 Å². The molecule has 3 rings (SSSR count). The van der Waals surface area contributed by atoms with Gasteiger partial charge >= 0.3 is 0 Å². The Labute approximate surface area is 175 Å². The SMILES string of the molecule is CC(=O)Nc1ccc(Cl)cc1NC(=O)c1cccc(S(=O)(=O)N2CCCCC2)c1. The summed E-state index contributed by atoms with van der Waals surface area (Å²) in [5, 5.41) is 5.69. The second kappa shape index (κ2) is 8.94. The van der Waals surface area contributed by atoms with Crippen LogP contribution in [0.2, 0.25) is 5.02 Å². The van der Waals surface area contributed by atoms with Crippen LogP contribution in [0.4, 0.5) is 11.4 Å². The summed E-state index contributed by atoms with van der Waals surface area (Å²) in [5.74, 6) is -0.799. The zero-order valence-electron chi connectivity index (χ0n) is 15.9. The summed E-state index contributed by atoms with van der Waals surface area (Å²) in [5.41, 5.74) is 0.908. The smallest absolute Gasteiger partial charge is 0.255 e. The molecule has 29 heavy (non-hydrogen) atoms. The highest BCUT2D eigenvalue weighted by atomic mass is 35.5. The molecule has 0 aromatic heterocycles. The molecule has 2 aromatic rings. The topological polar surface area (TPSA) is 95.6 Å². The highest BCUT2D eigenvalue weighted by Gasteiger charge is 2.26. The molecule has 0 unspecified atom stereocenters. The number of amides is 2. The van der Waals surface area contributed by atoms with Gasteiger partial charge in [0.2, 0.25) is 15.9 Å². The third kappa shape index (κ3) is 5.14. The van der Waals surface area contributed by atoms with E-state index in [2.05, 4.69) is 10.6 Å². The molecule has 0 saturated carbocycles. The van der Waals surface area contributed by atoms with Crippen LogP contribution in [-0.4, -0.2) is 37.6 Å². The molecule has 1 saturated heterocycles. The van der Waals surface area contributed by atoms with Crippen molar-refractivity contribution in [3.63, 3.8) is 0 Å². The van der Waals surface area contributed by atoms with Gasteiger partial charge in [0, 0.05) is 30.6 Å². The van der Waals surface area contributed by atoms with Crippen molar-refractivity contribution in [2.75, 3.05) is 23.7 Å². The molecular formula is C20H22ClN3O4S. The summed E-state index contributed by atoms with van der Waals surface area (Å²) in [7, 11) is -3.65. The Bertz CT molecular complexity index is 1030. The molecule has 0 spiro atoms. The standard InChI is InChI=1S/C20H22ClN3O4S/c1-14(25)22-18-9-8-16(21)13-19(18)23-20(26)15-6-5-7-17(12-15)29(27,28)24-10-3-2-4-11-24/h5-9,12-13H,2-4,10-11H2,1H3,(H,22,25)(H,23,26). The van der Waals surface area contributed by atoms with Gasteiger partial charge in [0.25, 0.3) is 5.91 Å². The summed E-state index contributed by atoms with van der Waals surface area (Å²) in [6.45, 7) is 2.33. The molecule has 0 atom stereocenters. The maximum absolute atomic E-state index is 12.9. The average molecular weight is 436 g/mol. The Morgan fingerprint density at radius 1 is 0.966 bits per heavy atom. The Morgan fingerprint density at radius 2 is 1.69 bits per heavy atom. The summed E-state index contributed by atoms with van der Waals surface area (Å²) >= 11 is 6.01. The van der Waals surface area contributed by atoms with Crippen LogP contribution in [0, 0.1) is 0 Å². The number of nitrogens with one attached hydrogen (secondary N) is 2. The molecule has 2 amide bonds.